The highest BCUT2D eigenvalue weighted by atomic mass is 32.2. The maximum absolute atomic E-state index is 11.8. The summed E-state index contributed by atoms with van der Waals surface area (Å²) in [4.78, 5) is 23.5. The summed E-state index contributed by atoms with van der Waals surface area (Å²) in [6, 6.07) is 16.9. The molecule has 0 saturated heterocycles. The number of thioether (sulfide) groups is 1. The Morgan fingerprint density at radius 3 is 1.86 bits per heavy atom. The van der Waals surface area contributed by atoms with Crippen LogP contribution in [0.5, 0.6) is 0 Å². The van der Waals surface area contributed by atoms with E-state index in [1.54, 1.807) is 0 Å². The van der Waals surface area contributed by atoms with Gasteiger partial charge in [0.1, 0.15) is 0 Å². The molecule has 2 amide bonds. The predicted octanol–water partition coefficient (Wildman–Crippen LogP) is 3.31. The second kappa shape index (κ2) is 8.24. The Morgan fingerprint density at radius 2 is 1.32 bits per heavy atom. The van der Waals surface area contributed by atoms with Gasteiger partial charge in [0.25, 0.3) is 0 Å². The smallest absolute Gasteiger partial charge is 0.234 e. The molecule has 0 unspecified atom stereocenters. The fourth-order valence-corrected chi connectivity index (χ4v) is 2.41. The van der Waals surface area contributed by atoms with E-state index in [-0.39, 0.29) is 23.3 Å². The minimum Gasteiger partial charge on any atom is -0.325 e. The lowest BCUT2D eigenvalue weighted by atomic mass is 10.2. The van der Waals surface area contributed by atoms with Gasteiger partial charge in [0, 0.05) is 11.4 Å². The van der Waals surface area contributed by atoms with E-state index in [4.69, 9.17) is 0 Å². The number of para-hydroxylation sites is 1. The average Bonchev–Trinajstić information content (AvgIpc) is 2.50. The molecule has 0 atom stereocenters. The molecule has 2 rings (SSSR count). The first kappa shape index (κ1) is 16.1. The molecule has 0 radical (unpaired) electrons. The Labute approximate surface area is 134 Å². The maximum Gasteiger partial charge on any atom is 0.234 e. The highest BCUT2D eigenvalue weighted by molar-refractivity contribution is 8.00. The van der Waals surface area contributed by atoms with Gasteiger partial charge in [-0.2, -0.15) is 0 Å². The van der Waals surface area contributed by atoms with Crippen LogP contribution in [-0.2, 0) is 9.59 Å². The van der Waals surface area contributed by atoms with Crippen LogP contribution in [0, 0.1) is 6.92 Å². The van der Waals surface area contributed by atoms with Crippen molar-refractivity contribution >= 4 is 35.0 Å². The third kappa shape index (κ3) is 5.61. The fourth-order valence-electron chi connectivity index (χ4n) is 1.79. The Morgan fingerprint density at radius 1 is 0.818 bits per heavy atom. The normalized spacial score (nSPS) is 10.0. The lowest BCUT2D eigenvalue weighted by molar-refractivity contribution is -0.114. The third-order valence-electron chi connectivity index (χ3n) is 2.86. The van der Waals surface area contributed by atoms with Gasteiger partial charge < -0.3 is 10.6 Å². The minimum atomic E-state index is -0.112. The largest absolute Gasteiger partial charge is 0.325 e. The summed E-state index contributed by atoms with van der Waals surface area (Å²) in [5.41, 5.74) is 2.67. The van der Waals surface area contributed by atoms with Crippen LogP contribution in [0.4, 0.5) is 11.4 Å². The van der Waals surface area contributed by atoms with Gasteiger partial charge in [0.15, 0.2) is 0 Å². The number of hydrogen-bond acceptors (Lipinski definition) is 3. The van der Waals surface area contributed by atoms with E-state index in [2.05, 4.69) is 10.6 Å². The zero-order valence-corrected chi connectivity index (χ0v) is 13.2. The number of anilines is 2. The summed E-state index contributed by atoms with van der Waals surface area (Å²) in [7, 11) is 0. The molecular formula is C17H18N2O2S. The lowest BCUT2D eigenvalue weighted by Gasteiger charge is -2.06. The molecule has 0 saturated carbocycles. The number of carbonyl (C=O) groups is 2. The van der Waals surface area contributed by atoms with Crippen molar-refractivity contribution in [2.45, 2.75) is 6.92 Å². The highest BCUT2D eigenvalue weighted by Crippen LogP contribution is 2.10. The van der Waals surface area contributed by atoms with Crippen LogP contribution in [0.2, 0.25) is 0 Å². The molecule has 0 aliphatic heterocycles. The first-order chi connectivity index (χ1) is 10.6. The van der Waals surface area contributed by atoms with Gasteiger partial charge >= 0.3 is 0 Å². The van der Waals surface area contributed by atoms with E-state index < -0.39 is 0 Å². The van der Waals surface area contributed by atoms with Gasteiger partial charge in [-0.15, -0.1) is 11.8 Å². The van der Waals surface area contributed by atoms with Gasteiger partial charge in [-0.25, -0.2) is 0 Å². The summed E-state index contributed by atoms with van der Waals surface area (Å²) in [6.07, 6.45) is 0. The van der Waals surface area contributed by atoms with Crippen LogP contribution in [-0.4, -0.2) is 23.3 Å². The minimum absolute atomic E-state index is 0.110. The van der Waals surface area contributed by atoms with Gasteiger partial charge in [-0.3, -0.25) is 9.59 Å². The van der Waals surface area contributed by atoms with Crippen molar-refractivity contribution in [1.82, 2.24) is 0 Å². The molecule has 0 spiro atoms. The summed E-state index contributed by atoms with van der Waals surface area (Å²) in [5.74, 6) is 0.271. The summed E-state index contributed by atoms with van der Waals surface area (Å²) in [5, 5.41) is 5.58. The topological polar surface area (TPSA) is 58.2 Å². The van der Waals surface area contributed by atoms with Crippen LogP contribution in [0.25, 0.3) is 0 Å². The monoisotopic (exact) mass is 314 g/mol. The molecule has 0 bridgehead atoms. The quantitative estimate of drug-likeness (QED) is 0.860. The first-order valence-electron chi connectivity index (χ1n) is 6.92. The number of carbonyl (C=O) groups excluding carboxylic acids is 2. The molecule has 2 aromatic carbocycles. The van der Waals surface area contributed by atoms with Gasteiger partial charge in [-0.1, -0.05) is 35.9 Å². The lowest BCUT2D eigenvalue weighted by Crippen LogP contribution is -2.18. The zero-order valence-electron chi connectivity index (χ0n) is 12.3. The molecule has 2 aromatic rings. The van der Waals surface area contributed by atoms with Gasteiger partial charge in [0.2, 0.25) is 11.8 Å². The molecule has 5 heteroatoms. The van der Waals surface area contributed by atoms with E-state index in [1.165, 1.54) is 11.8 Å². The molecule has 2 N–H and O–H groups in total. The van der Waals surface area contributed by atoms with Crippen molar-refractivity contribution in [3.8, 4) is 0 Å². The number of amides is 2. The van der Waals surface area contributed by atoms with E-state index in [9.17, 15) is 9.59 Å². The molecular weight excluding hydrogens is 296 g/mol. The molecule has 0 heterocycles. The van der Waals surface area contributed by atoms with Crippen LogP contribution < -0.4 is 10.6 Å². The highest BCUT2D eigenvalue weighted by Gasteiger charge is 2.06. The number of aryl methyl sites for hydroxylation is 1. The molecule has 0 aliphatic carbocycles. The third-order valence-corrected chi connectivity index (χ3v) is 3.79. The number of nitrogens with one attached hydrogen (secondary N) is 2. The Balaban J connectivity index is 1.68. The standard InChI is InChI=1S/C17H18N2O2S/c1-13-7-9-15(10-8-13)19-17(21)12-22-11-16(20)18-14-5-3-2-4-6-14/h2-10H,11-12H2,1H3,(H,18,20)(H,19,21). The van der Waals surface area contributed by atoms with Crippen LogP contribution >= 0.6 is 11.8 Å². The fraction of sp³-hybridized carbons (Fsp3) is 0.176. The maximum atomic E-state index is 11.8. The van der Waals surface area contributed by atoms with E-state index in [0.717, 1.165) is 16.9 Å². The molecule has 114 valence electrons. The first-order valence-corrected chi connectivity index (χ1v) is 8.08. The summed E-state index contributed by atoms with van der Waals surface area (Å²) < 4.78 is 0. The molecule has 4 nitrogen and oxygen atoms in total. The number of hydrogen-bond donors (Lipinski definition) is 2. The predicted molar refractivity (Wildman–Crippen MR) is 92.2 cm³/mol. The van der Waals surface area contributed by atoms with Gasteiger partial charge in [-0.05, 0) is 31.2 Å². The summed E-state index contributed by atoms with van der Waals surface area (Å²) in [6.45, 7) is 1.99. The second-order valence-electron chi connectivity index (χ2n) is 4.82. The van der Waals surface area contributed by atoms with E-state index >= 15 is 0 Å². The Bertz CT molecular complexity index is 627. The summed E-state index contributed by atoms with van der Waals surface area (Å²) >= 11 is 1.29. The van der Waals surface area contributed by atoms with Crippen LogP contribution in [0.3, 0.4) is 0 Å². The van der Waals surface area contributed by atoms with Crippen molar-refractivity contribution in [3.05, 3.63) is 60.2 Å². The van der Waals surface area contributed by atoms with Crippen molar-refractivity contribution < 1.29 is 9.59 Å². The Hall–Kier alpha value is -2.27. The number of benzene rings is 2. The number of rotatable bonds is 6. The van der Waals surface area contributed by atoms with Crippen molar-refractivity contribution in [1.29, 1.82) is 0 Å². The second-order valence-corrected chi connectivity index (χ2v) is 5.81. The van der Waals surface area contributed by atoms with E-state index in [0.29, 0.717) is 0 Å². The van der Waals surface area contributed by atoms with Crippen molar-refractivity contribution in [3.63, 3.8) is 0 Å². The van der Waals surface area contributed by atoms with Crippen LogP contribution in [0.15, 0.2) is 54.6 Å². The Kier molecular flexibility index (Phi) is 6.03. The van der Waals surface area contributed by atoms with Crippen LogP contribution in [0.1, 0.15) is 5.56 Å². The molecule has 0 aliphatic rings. The van der Waals surface area contributed by atoms with E-state index in [1.807, 2.05) is 61.5 Å². The molecule has 0 fully saturated rings. The molecule has 0 aromatic heterocycles. The SMILES string of the molecule is Cc1ccc(NC(=O)CSCC(=O)Nc2ccccc2)cc1. The van der Waals surface area contributed by atoms with Gasteiger partial charge in [0.05, 0.1) is 11.5 Å². The zero-order chi connectivity index (χ0) is 15.8. The molecule has 22 heavy (non-hydrogen) atoms. The van der Waals surface area contributed by atoms with Crippen molar-refractivity contribution in [2.75, 3.05) is 22.1 Å². The van der Waals surface area contributed by atoms with Crippen molar-refractivity contribution in [2.24, 2.45) is 0 Å². The average molecular weight is 314 g/mol.